The van der Waals surface area contributed by atoms with Crippen molar-refractivity contribution in [3.8, 4) is 0 Å². The molecule has 2 heterocycles. The highest BCUT2D eigenvalue weighted by molar-refractivity contribution is 5.77. The third kappa shape index (κ3) is 3.71. The largest absolute Gasteiger partial charge is 0.480 e. The molecule has 0 spiro atoms. The Labute approximate surface area is 122 Å². The van der Waals surface area contributed by atoms with Gasteiger partial charge >= 0.3 is 5.97 Å². The lowest BCUT2D eigenvalue weighted by molar-refractivity contribution is -0.143. The van der Waals surface area contributed by atoms with Gasteiger partial charge < -0.3 is 10.8 Å². The minimum absolute atomic E-state index is 0.232. The van der Waals surface area contributed by atoms with E-state index in [1.807, 2.05) is 0 Å². The van der Waals surface area contributed by atoms with E-state index < -0.39 is 11.5 Å². The summed E-state index contributed by atoms with van der Waals surface area (Å²) in [5.41, 5.74) is 4.75. The maximum absolute atomic E-state index is 11.1. The fraction of sp³-hybridized carbons (Fsp3) is 0.933. The molecule has 2 aliphatic heterocycles. The Morgan fingerprint density at radius 2 is 2.00 bits per heavy atom. The molecule has 2 aliphatic rings. The molecule has 0 aromatic carbocycles. The summed E-state index contributed by atoms with van der Waals surface area (Å²) in [4.78, 5) is 16.2. The normalized spacial score (nSPS) is 30.1. The number of aliphatic carboxylic acids is 1. The number of nitrogens with zero attached hydrogens (tertiary/aromatic N) is 2. The fourth-order valence-corrected chi connectivity index (χ4v) is 3.58. The molecule has 0 saturated carbocycles. The van der Waals surface area contributed by atoms with E-state index >= 15 is 0 Å². The molecule has 0 aromatic heterocycles. The minimum atomic E-state index is -1.12. The van der Waals surface area contributed by atoms with Gasteiger partial charge in [0.15, 0.2) is 0 Å². The first-order valence-corrected chi connectivity index (χ1v) is 7.90. The van der Waals surface area contributed by atoms with Gasteiger partial charge in [0, 0.05) is 25.2 Å². The van der Waals surface area contributed by atoms with Gasteiger partial charge in [-0.25, -0.2) is 0 Å². The summed E-state index contributed by atoms with van der Waals surface area (Å²) in [6.45, 7) is 8.32. The van der Waals surface area contributed by atoms with E-state index in [0.29, 0.717) is 12.5 Å². The van der Waals surface area contributed by atoms with Gasteiger partial charge in [0.1, 0.15) is 5.54 Å². The molecule has 0 aliphatic carbocycles. The number of piperidine rings is 1. The number of hydrogen-bond donors (Lipinski definition) is 2. The lowest BCUT2D eigenvalue weighted by Crippen LogP contribution is -2.50. The van der Waals surface area contributed by atoms with E-state index in [1.165, 1.54) is 38.8 Å². The van der Waals surface area contributed by atoms with Crippen LogP contribution in [0.25, 0.3) is 0 Å². The fourth-order valence-electron chi connectivity index (χ4n) is 3.58. The van der Waals surface area contributed by atoms with Gasteiger partial charge in [-0.05, 0) is 52.6 Å². The first-order chi connectivity index (χ1) is 9.40. The van der Waals surface area contributed by atoms with Crippen LogP contribution in [0.1, 0.15) is 46.0 Å². The summed E-state index contributed by atoms with van der Waals surface area (Å²) >= 11 is 0. The van der Waals surface area contributed by atoms with Crippen molar-refractivity contribution in [1.29, 1.82) is 0 Å². The molecule has 2 saturated heterocycles. The molecule has 2 fully saturated rings. The highest BCUT2D eigenvalue weighted by Crippen LogP contribution is 2.24. The van der Waals surface area contributed by atoms with Crippen LogP contribution in [0.15, 0.2) is 0 Å². The highest BCUT2D eigenvalue weighted by atomic mass is 16.4. The molecule has 2 rings (SSSR count). The smallest absolute Gasteiger partial charge is 0.323 e. The zero-order chi connectivity index (χ0) is 14.8. The second-order valence-electron chi connectivity index (χ2n) is 6.81. The van der Waals surface area contributed by atoms with Crippen molar-refractivity contribution in [2.75, 3.05) is 26.2 Å². The third-order valence-electron chi connectivity index (χ3n) is 4.93. The van der Waals surface area contributed by atoms with Crippen molar-refractivity contribution >= 4 is 5.97 Å². The summed E-state index contributed by atoms with van der Waals surface area (Å²) in [6, 6.07) is 0.891. The molecular weight excluding hydrogens is 254 g/mol. The number of carboxylic acids is 1. The average molecular weight is 283 g/mol. The number of carbonyl (C=O) groups is 1. The predicted octanol–water partition coefficient (Wildman–Crippen LogP) is 1.13. The minimum Gasteiger partial charge on any atom is -0.480 e. The molecular formula is C15H29N3O2. The van der Waals surface area contributed by atoms with Crippen LogP contribution in [0, 0.1) is 0 Å². The maximum atomic E-state index is 11.1. The monoisotopic (exact) mass is 283 g/mol. The van der Waals surface area contributed by atoms with E-state index in [2.05, 4.69) is 16.7 Å². The SMILES string of the molecule is CC(CC(C)(N)C(=O)O)N1CCC(N2CCCCC2)C1. The Balaban J connectivity index is 1.84. The van der Waals surface area contributed by atoms with Gasteiger partial charge in [-0.3, -0.25) is 14.6 Å². The Morgan fingerprint density at radius 1 is 1.35 bits per heavy atom. The van der Waals surface area contributed by atoms with Crippen molar-refractivity contribution in [2.45, 2.75) is 63.6 Å². The van der Waals surface area contributed by atoms with Gasteiger partial charge in [0.2, 0.25) is 0 Å². The van der Waals surface area contributed by atoms with Crippen LogP contribution in [0.4, 0.5) is 0 Å². The third-order valence-corrected chi connectivity index (χ3v) is 4.93. The zero-order valence-corrected chi connectivity index (χ0v) is 12.8. The number of likely N-dealkylation sites (tertiary alicyclic amines) is 2. The van der Waals surface area contributed by atoms with E-state index in [4.69, 9.17) is 10.8 Å². The molecule has 0 bridgehead atoms. The first-order valence-electron chi connectivity index (χ1n) is 7.90. The molecule has 3 atom stereocenters. The molecule has 5 heteroatoms. The highest BCUT2D eigenvalue weighted by Gasteiger charge is 2.35. The molecule has 5 nitrogen and oxygen atoms in total. The van der Waals surface area contributed by atoms with Crippen LogP contribution in [-0.4, -0.2) is 64.7 Å². The Kier molecular flexibility index (Phi) is 5.04. The van der Waals surface area contributed by atoms with E-state index in [9.17, 15) is 4.79 Å². The van der Waals surface area contributed by atoms with Crippen LogP contribution in [0.2, 0.25) is 0 Å². The lowest BCUT2D eigenvalue weighted by atomic mass is 9.94. The predicted molar refractivity (Wildman–Crippen MR) is 79.7 cm³/mol. The van der Waals surface area contributed by atoms with Crippen LogP contribution in [0.5, 0.6) is 0 Å². The van der Waals surface area contributed by atoms with Crippen molar-refractivity contribution in [1.82, 2.24) is 9.80 Å². The number of nitrogens with two attached hydrogens (primary N) is 1. The molecule has 116 valence electrons. The zero-order valence-electron chi connectivity index (χ0n) is 12.8. The quantitative estimate of drug-likeness (QED) is 0.791. The van der Waals surface area contributed by atoms with Crippen molar-refractivity contribution in [2.24, 2.45) is 5.73 Å². The van der Waals surface area contributed by atoms with Gasteiger partial charge in [0.05, 0.1) is 0 Å². The van der Waals surface area contributed by atoms with Gasteiger partial charge in [0.25, 0.3) is 0 Å². The molecule has 3 N–H and O–H groups in total. The second-order valence-corrected chi connectivity index (χ2v) is 6.81. The van der Waals surface area contributed by atoms with E-state index in [-0.39, 0.29) is 6.04 Å². The van der Waals surface area contributed by atoms with Crippen LogP contribution in [-0.2, 0) is 4.79 Å². The summed E-state index contributed by atoms with van der Waals surface area (Å²) in [5.74, 6) is -0.906. The lowest BCUT2D eigenvalue weighted by Gasteiger charge is -2.34. The van der Waals surface area contributed by atoms with E-state index in [1.54, 1.807) is 6.92 Å². The molecule has 0 radical (unpaired) electrons. The Morgan fingerprint density at radius 3 is 2.60 bits per heavy atom. The number of hydrogen-bond acceptors (Lipinski definition) is 4. The Hall–Kier alpha value is -0.650. The van der Waals surface area contributed by atoms with E-state index in [0.717, 1.165) is 13.1 Å². The number of rotatable bonds is 5. The molecule has 0 aromatic rings. The van der Waals surface area contributed by atoms with Gasteiger partial charge in [-0.15, -0.1) is 0 Å². The van der Waals surface area contributed by atoms with Crippen LogP contribution in [0.3, 0.4) is 0 Å². The second kappa shape index (κ2) is 6.41. The standard InChI is InChI=1S/C15H29N3O2/c1-12(10-15(2,16)14(19)20)18-9-6-13(11-18)17-7-4-3-5-8-17/h12-13H,3-11,16H2,1-2H3,(H,19,20). The molecule has 20 heavy (non-hydrogen) atoms. The van der Waals surface area contributed by atoms with Crippen molar-refractivity contribution < 1.29 is 9.90 Å². The van der Waals surface area contributed by atoms with Gasteiger partial charge in [-0.1, -0.05) is 6.42 Å². The summed E-state index contributed by atoms with van der Waals surface area (Å²) < 4.78 is 0. The first kappa shape index (κ1) is 15.7. The Bertz CT molecular complexity index is 340. The van der Waals surface area contributed by atoms with Crippen LogP contribution < -0.4 is 5.73 Å². The summed E-state index contributed by atoms with van der Waals surface area (Å²) in [7, 11) is 0. The van der Waals surface area contributed by atoms with Crippen molar-refractivity contribution in [3.05, 3.63) is 0 Å². The van der Waals surface area contributed by atoms with Crippen LogP contribution >= 0.6 is 0 Å². The summed E-state index contributed by atoms with van der Waals surface area (Å²) in [6.07, 6.45) is 5.74. The van der Waals surface area contributed by atoms with Crippen molar-refractivity contribution in [3.63, 3.8) is 0 Å². The average Bonchev–Trinajstić information content (AvgIpc) is 2.88. The van der Waals surface area contributed by atoms with Gasteiger partial charge in [-0.2, -0.15) is 0 Å². The summed E-state index contributed by atoms with van der Waals surface area (Å²) in [5, 5.41) is 9.14. The number of carboxylic acid groups (broad SMARTS) is 1. The molecule has 3 unspecified atom stereocenters. The topological polar surface area (TPSA) is 69.8 Å². The molecule has 0 amide bonds. The maximum Gasteiger partial charge on any atom is 0.323 e.